The highest BCUT2D eigenvalue weighted by atomic mass is 16.5. The summed E-state index contributed by atoms with van der Waals surface area (Å²) in [5, 5.41) is 3.02. The molecule has 80 valence electrons. The van der Waals surface area contributed by atoms with Crippen molar-refractivity contribution in [3.8, 4) is 0 Å². The second-order valence-electron chi connectivity index (χ2n) is 3.02. The molecule has 0 heterocycles. The van der Waals surface area contributed by atoms with Gasteiger partial charge in [-0.1, -0.05) is 30.4 Å². The molecule has 0 bridgehead atoms. The summed E-state index contributed by atoms with van der Waals surface area (Å²) in [7, 11) is 1.38. The van der Waals surface area contributed by atoms with Crippen molar-refractivity contribution in [2.45, 2.75) is 6.92 Å². The van der Waals surface area contributed by atoms with E-state index in [0.29, 0.717) is 0 Å². The first kappa shape index (κ1) is 11.3. The number of ether oxygens (including phenoxy) is 1. The van der Waals surface area contributed by atoms with E-state index in [0.717, 1.165) is 11.3 Å². The molecule has 0 spiro atoms. The van der Waals surface area contributed by atoms with Crippen molar-refractivity contribution in [1.82, 2.24) is 0 Å². The van der Waals surface area contributed by atoms with Gasteiger partial charge >= 0.3 is 5.97 Å². The lowest BCUT2D eigenvalue weighted by Gasteiger charge is -2.07. The average molecular weight is 205 g/mol. The minimum absolute atomic E-state index is 0.186. The van der Waals surface area contributed by atoms with E-state index in [2.05, 4.69) is 10.1 Å². The van der Waals surface area contributed by atoms with Crippen LogP contribution >= 0.6 is 0 Å². The quantitative estimate of drug-likeness (QED) is 0.766. The third-order valence-corrected chi connectivity index (χ3v) is 1.96. The Morgan fingerprint density at radius 2 is 2.20 bits per heavy atom. The molecule has 1 N–H and O–H groups in total. The lowest BCUT2D eigenvalue weighted by atomic mass is 10.1. The van der Waals surface area contributed by atoms with E-state index in [1.807, 2.05) is 43.3 Å². The van der Waals surface area contributed by atoms with Crippen molar-refractivity contribution < 1.29 is 9.53 Å². The van der Waals surface area contributed by atoms with E-state index >= 15 is 0 Å². The van der Waals surface area contributed by atoms with Gasteiger partial charge in [0.2, 0.25) is 0 Å². The fourth-order valence-electron chi connectivity index (χ4n) is 1.22. The summed E-state index contributed by atoms with van der Waals surface area (Å²) in [6.45, 7) is 2.14. The van der Waals surface area contributed by atoms with Gasteiger partial charge < -0.3 is 10.1 Å². The molecule has 0 aliphatic heterocycles. The summed E-state index contributed by atoms with van der Waals surface area (Å²) in [6.07, 6.45) is 3.94. The Bertz CT molecular complexity index is 358. The molecule has 0 fully saturated rings. The SMILES string of the molecule is C/C=C/c1ccccc1NCC(=O)OC. The molecule has 1 aromatic rings. The Balaban J connectivity index is 2.71. The van der Waals surface area contributed by atoms with Crippen LogP contribution in [-0.4, -0.2) is 19.6 Å². The summed E-state index contributed by atoms with van der Waals surface area (Å²) >= 11 is 0. The van der Waals surface area contributed by atoms with Crippen LogP contribution in [0.3, 0.4) is 0 Å². The number of allylic oxidation sites excluding steroid dienone is 1. The molecular weight excluding hydrogens is 190 g/mol. The van der Waals surface area contributed by atoms with Crippen molar-refractivity contribution in [3.05, 3.63) is 35.9 Å². The summed E-state index contributed by atoms with van der Waals surface area (Å²) in [5.41, 5.74) is 1.99. The molecule has 3 heteroatoms. The zero-order valence-electron chi connectivity index (χ0n) is 8.99. The number of benzene rings is 1. The van der Waals surface area contributed by atoms with Crippen LogP contribution in [0.2, 0.25) is 0 Å². The molecule has 0 aliphatic carbocycles. The summed E-state index contributed by atoms with van der Waals surface area (Å²) in [5.74, 6) is -0.273. The highest BCUT2D eigenvalue weighted by molar-refractivity contribution is 5.76. The number of esters is 1. The first-order chi connectivity index (χ1) is 7.27. The van der Waals surface area contributed by atoms with Crippen molar-refractivity contribution in [2.75, 3.05) is 19.0 Å². The highest BCUT2D eigenvalue weighted by Crippen LogP contribution is 2.16. The number of hydrogen-bond acceptors (Lipinski definition) is 3. The topological polar surface area (TPSA) is 38.3 Å². The van der Waals surface area contributed by atoms with E-state index in [-0.39, 0.29) is 12.5 Å². The van der Waals surface area contributed by atoms with Crippen molar-refractivity contribution in [2.24, 2.45) is 0 Å². The lowest BCUT2D eigenvalue weighted by Crippen LogP contribution is -2.15. The van der Waals surface area contributed by atoms with Crippen LogP contribution in [0.5, 0.6) is 0 Å². The summed E-state index contributed by atoms with van der Waals surface area (Å²) < 4.78 is 4.55. The molecule has 1 rings (SSSR count). The molecule has 0 saturated carbocycles. The molecule has 0 amide bonds. The number of carbonyl (C=O) groups is 1. The number of anilines is 1. The van der Waals surface area contributed by atoms with E-state index in [4.69, 9.17) is 0 Å². The molecular formula is C12H15NO2. The first-order valence-corrected chi connectivity index (χ1v) is 4.80. The monoisotopic (exact) mass is 205 g/mol. The zero-order chi connectivity index (χ0) is 11.1. The van der Waals surface area contributed by atoms with Crippen molar-refractivity contribution in [3.63, 3.8) is 0 Å². The maximum Gasteiger partial charge on any atom is 0.325 e. The number of hydrogen-bond donors (Lipinski definition) is 1. The van der Waals surface area contributed by atoms with Gasteiger partial charge in [-0.2, -0.15) is 0 Å². The van der Waals surface area contributed by atoms with Crippen LogP contribution in [0.25, 0.3) is 6.08 Å². The van der Waals surface area contributed by atoms with Gasteiger partial charge in [0.25, 0.3) is 0 Å². The Kier molecular flexibility index (Phi) is 4.41. The van der Waals surface area contributed by atoms with Gasteiger partial charge in [-0.05, 0) is 18.6 Å². The van der Waals surface area contributed by atoms with Crippen molar-refractivity contribution in [1.29, 1.82) is 0 Å². The van der Waals surface area contributed by atoms with Gasteiger partial charge in [0.1, 0.15) is 6.54 Å². The fourth-order valence-corrected chi connectivity index (χ4v) is 1.22. The predicted octanol–water partition coefficient (Wildman–Crippen LogP) is 2.30. The molecule has 0 radical (unpaired) electrons. The smallest absolute Gasteiger partial charge is 0.325 e. The standard InChI is InChI=1S/C12H15NO2/c1-3-6-10-7-4-5-8-11(10)13-9-12(14)15-2/h3-8,13H,9H2,1-2H3/b6-3+. The Hall–Kier alpha value is -1.77. The van der Waals surface area contributed by atoms with Crippen LogP contribution in [0, 0.1) is 0 Å². The molecule has 15 heavy (non-hydrogen) atoms. The van der Waals surface area contributed by atoms with E-state index in [1.54, 1.807) is 0 Å². The normalized spacial score (nSPS) is 10.3. The number of para-hydroxylation sites is 1. The summed E-state index contributed by atoms with van der Waals surface area (Å²) in [4.78, 5) is 11.0. The Morgan fingerprint density at radius 1 is 1.47 bits per heavy atom. The minimum Gasteiger partial charge on any atom is -0.468 e. The van der Waals surface area contributed by atoms with Gasteiger partial charge in [-0.15, -0.1) is 0 Å². The molecule has 0 atom stereocenters. The minimum atomic E-state index is -0.273. The molecule has 0 saturated heterocycles. The third-order valence-electron chi connectivity index (χ3n) is 1.96. The molecule has 1 aromatic carbocycles. The molecule has 3 nitrogen and oxygen atoms in total. The lowest BCUT2D eigenvalue weighted by molar-refractivity contribution is -0.138. The number of carbonyl (C=O) groups excluding carboxylic acids is 1. The van der Waals surface area contributed by atoms with Crippen LogP contribution in [0.15, 0.2) is 30.3 Å². The first-order valence-electron chi connectivity index (χ1n) is 4.80. The van der Waals surface area contributed by atoms with Crippen LogP contribution in [-0.2, 0) is 9.53 Å². The zero-order valence-corrected chi connectivity index (χ0v) is 8.99. The molecule has 0 unspecified atom stereocenters. The number of nitrogens with one attached hydrogen (secondary N) is 1. The van der Waals surface area contributed by atoms with E-state index in [9.17, 15) is 4.79 Å². The predicted molar refractivity (Wildman–Crippen MR) is 61.7 cm³/mol. The van der Waals surface area contributed by atoms with Gasteiger partial charge in [-0.3, -0.25) is 4.79 Å². The molecule has 0 aliphatic rings. The second kappa shape index (κ2) is 5.86. The number of rotatable bonds is 4. The summed E-state index contributed by atoms with van der Waals surface area (Å²) in [6, 6.07) is 7.79. The third kappa shape index (κ3) is 3.46. The van der Waals surface area contributed by atoms with Gasteiger partial charge in [0, 0.05) is 5.69 Å². The van der Waals surface area contributed by atoms with E-state index in [1.165, 1.54) is 7.11 Å². The second-order valence-corrected chi connectivity index (χ2v) is 3.02. The maximum atomic E-state index is 11.0. The van der Waals surface area contributed by atoms with Crippen molar-refractivity contribution >= 4 is 17.7 Å². The van der Waals surface area contributed by atoms with Gasteiger partial charge in [0.05, 0.1) is 7.11 Å². The van der Waals surface area contributed by atoms with Gasteiger partial charge in [0.15, 0.2) is 0 Å². The van der Waals surface area contributed by atoms with E-state index < -0.39 is 0 Å². The van der Waals surface area contributed by atoms with Gasteiger partial charge in [-0.25, -0.2) is 0 Å². The largest absolute Gasteiger partial charge is 0.468 e. The Labute approximate surface area is 89.8 Å². The molecule has 0 aromatic heterocycles. The number of methoxy groups -OCH3 is 1. The fraction of sp³-hybridized carbons (Fsp3) is 0.250. The highest BCUT2D eigenvalue weighted by Gasteiger charge is 2.01. The Morgan fingerprint density at radius 3 is 2.87 bits per heavy atom. The van der Waals surface area contributed by atoms with Crippen LogP contribution in [0.1, 0.15) is 12.5 Å². The maximum absolute atomic E-state index is 11.0. The average Bonchev–Trinajstić information content (AvgIpc) is 2.28. The van der Waals surface area contributed by atoms with Crippen LogP contribution in [0.4, 0.5) is 5.69 Å². The van der Waals surface area contributed by atoms with Crippen LogP contribution < -0.4 is 5.32 Å².